The summed E-state index contributed by atoms with van der Waals surface area (Å²) in [6.45, 7) is 1.72. The first-order valence-electron chi connectivity index (χ1n) is 8.51. The molecule has 1 amide bonds. The van der Waals surface area contributed by atoms with E-state index in [1.54, 1.807) is 7.11 Å². The number of carbonyl (C=O) groups is 1. The van der Waals surface area contributed by atoms with Crippen LogP contribution in [0.2, 0.25) is 0 Å². The zero-order chi connectivity index (χ0) is 17.5. The molecule has 2 aromatic rings. The minimum absolute atomic E-state index is 0.0205. The van der Waals surface area contributed by atoms with Crippen LogP contribution in [0.4, 0.5) is 5.69 Å². The summed E-state index contributed by atoms with van der Waals surface area (Å²) in [6.07, 6.45) is 2.08. The molecule has 1 heterocycles. The lowest BCUT2D eigenvalue weighted by Crippen LogP contribution is -2.15. The number of hydrogen-bond acceptors (Lipinski definition) is 4. The predicted octanol–water partition coefficient (Wildman–Crippen LogP) is 3.57. The highest BCUT2D eigenvalue weighted by molar-refractivity contribution is 5.90. The first-order valence-corrected chi connectivity index (χ1v) is 8.51. The van der Waals surface area contributed by atoms with E-state index in [0.717, 1.165) is 41.2 Å². The van der Waals surface area contributed by atoms with Gasteiger partial charge in [0.2, 0.25) is 5.91 Å². The van der Waals surface area contributed by atoms with Crippen LogP contribution in [0.5, 0.6) is 11.5 Å². The third kappa shape index (κ3) is 4.97. The van der Waals surface area contributed by atoms with Crippen LogP contribution in [0.25, 0.3) is 0 Å². The highest BCUT2D eigenvalue weighted by Crippen LogP contribution is 2.31. The van der Waals surface area contributed by atoms with Gasteiger partial charge in [-0.05, 0) is 48.2 Å². The van der Waals surface area contributed by atoms with Crippen LogP contribution >= 0.6 is 0 Å². The van der Waals surface area contributed by atoms with E-state index >= 15 is 0 Å². The van der Waals surface area contributed by atoms with Gasteiger partial charge in [0.15, 0.2) is 11.5 Å². The molecule has 0 aromatic heterocycles. The Balaban J connectivity index is 1.47. The number of ether oxygens (including phenoxy) is 3. The van der Waals surface area contributed by atoms with E-state index in [1.165, 1.54) is 0 Å². The smallest absolute Gasteiger partial charge is 0.224 e. The Hall–Kier alpha value is -2.53. The van der Waals surface area contributed by atoms with E-state index in [0.29, 0.717) is 26.2 Å². The molecule has 0 fully saturated rings. The molecule has 0 saturated heterocycles. The van der Waals surface area contributed by atoms with Gasteiger partial charge in [-0.15, -0.1) is 0 Å². The lowest BCUT2D eigenvalue weighted by molar-refractivity contribution is -0.116. The fourth-order valence-electron chi connectivity index (χ4n) is 2.83. The molecule has 132 valence electrons. The topological polar surface area (TPSA) is 56.8 Å². The Bertz CT molecular complexity index is 729. The van der Waals surface area contributed by atoms with Crippen molar-refractivity contribution in [3.8, 4) is 11.5 Å². The Labute approximate surface area is 147 Å². The van der Waals surface area contributed by atoms with Crippen LogP contribution in [0.1, 0.15) is 24.0 Å². The van der Waals surface area contributed by atoms with E-state index in [2.05, 4.69) is 5.32 Å². The van der Waals surface area contributed by atoms with Gasteiger partial charge in [-0.1, -0.05) is 18.2 Å². The fraction of sp³-hybridized carbons (Fsp3) is 0.350. The maximum atomic E-state index is 12.1. The molecule has 0 spiro atoms. The second-order valence-corrected chi connectivity index (χ2v) is 6.01. The number of fused-ring (bicyclic) bond motifs is 1. The normalized spacial score (nSPS) is 12.7. The summed E-state index contributed by atoms with van der Waals surface area (Å²) < 4.78 is 16.2. The molecule has 0 radical (unpaired) electrons. The molecule has 0 saturated carbocycles. The van der Waals surface area contributed by atoms with Crippen molar-refractivity contribution in [1.82, 2.24) is 0 Å². The average molecular weight is 341 g/mol. The van der Waals surface area contributed by atoms with Crippen molar-refractivity contribution in [2.45, 2.75) is 25.9 Å². The first-order chi connectivity index (χ1) is 12.2. The molecule has 3 rings (SSSR count). The van der Waals surface area contributed by atoms with Gasteiger partial charge in [0.05, 0.1) is 6.61 Å². The highest BCUT2D eigenvalue weighted by Gasteiger charge is 2.12. The zero-order valence-electron chi connectivity index (χ0n) is 14.4. The lowest BCUT2D eigenvalue weighted by Gasteiger charge is -2.18. The highest BCUT2D eigenvalue weighted by atomic mass is 16.6. The molecule has 1 aliphatic rings. The molecule has 0 bridgehead atoms. The maximum Gasteiger partial charge on any atom is 0.224 e. The van der Waals surface area contributed by atoms with E-state index in [-0.39, 0.29) is 5.91 Å². The number of benzene rings is 2. The van der Waals surface area contributed by atoms with E-state index in [4.69, 9.17) is 14.2 Å². The van der Waals surface area contributed by atoms with Crippen molar-refractivity contribution in [3.63, 3.8) is 0 Å². The van der Waals surface area contributed by atoms with E-state index in [9.17, 15) is 4.79 Å². The summed E-state index contributed by atoms with van der Waals surface area (Å²) in [6, 6.07) is 13.7. The van der Waals surface area contributed by atoms with Crippen LogP contribution < -0.4 is 14.8 Å². The Morgan fingerprint density at radius 1 is 1.08 bits per heavy atom. The van der Waals surface area contributed by atoms with E-state index < -0.39 is 0 Å². The number of rotatable bonds is 7. The average Bonchev–Trinajstić information content (AvgIpc) is 2.62. The van der Waals surface area contributed by atoms with Crippen molar-refractivity contribution in [2.24, 2.45) is 0 Å². The van der Waals surface area contributed by atoms with Crippen LogP contribution in [-0.2, 0) is 22.6 Å². The van der Waals surface area contributed by atoms with Crippen molar-refractivity contribution in [2.75, 3.05) is 25.6 Å². The number of methoxy groups -OCH3 is 1. The summed E-state index contributed by atoms with van der Waals surface area (Å²) >= 11 is 0. The van der Waals surface area contributed by atoms with Crippen LogP contribution in [0, 0.1) is 0 Å². The number of anilines is 1. The molecular weight excluding hydrogens is 318 g/mol. The molecule has 1 aliphatic heterocycles. The largest absolute Gasteiger partial charge is 0.486 e. The monoisotopic (exact) mass is 341 g/mol. The quantitative estimate of drug-likeness (QED) is 0.836. The number of nitrogens with one attached hydrogen (secondary N) is 1. The number of hydrogen-bond donors (Lipinski definition) is 1. The summed E-state index contributed by atoms with van der Waals surface area (Å²) in [5, 5.41) is 2.94. The van der Waals surface area contributed by atoms with Crippen molar-refractivity contribution in [1.29, 1.82) is 0 Å². The van der Waals surface area contributed by atoms with Gasteiger partial charge in [-0.2, -0.15) is 0 Å². The van der Waals surface area contributed by atoms with Gasteiger partial charge in [0.25, 0.3) is 0 Å². The van der Waals surface area contributed by atoms with Gasteiger partial charge < -0.3 is 19.5 Å². The van der Waals surface area contributed by atoms with Crippen molar-refractivity contribution in [3.05, 3.63) is 53.6 Å². The maximum absolute atomic E-state index is 12.1. The zero-order valence-corrected chi connectivity index (χ0v) is 14.4. The molecule has 1 N–H and O–H groups in total. The fourth-order valence-corrected chi connectivity index (χ4v) is 2.83. The van der Waals surface area contributed by atoms with Gasteiger partial charge in [0.1, 0.15) is 13.2 Å². The molecule has 5 heteroatoms. The Morgan fingerprint density at radius 3 is 2.76 bits per heavy atom. The molecule has 0 aliphatic carbocycles. The van der Waals surface area contributed by atoms with Crippen molar-refractivity contribution >= 4 is 11.6 Å². The van der Waals surface area contributed by atoms with Gasteiger partial charge in [-0.25, -0.2) is 0 Å². The third-order valence-electron chi connectivity index (χ3n) is 4.00. The number of amides is 1. The minimum atomic E-state index is 0.0205. The van der Waals surface area contributed by atoms with E-state index in [1.807, 2.05) is 42.5 Å². The van der Waals surface area contributed by atoms with Crippen LogP contribution in [0.15, 0.2) is 42.5 Å². The molecule has 0 atom stereocenters. The molecule has 2 aromatic carbocycles. The van der Waals surface area contributed by atoms with Crippen LogP contribution in [-0.4, -0.2) is 26.2 Å². The van der Waals surface area contributed by atoms with Crippen molar-refractivity contribution < 1.29 is 19.0 Å². The van der Waals surface area contributed by atoms with Gasteiger partial charge in [-0.3, -0.25) is 4.79 Å². The summed E-state index contributed by atoms with van der Waals surface area (Å²) in [7, 11) is 1.66. The summed E-state index contributed by atoms with van der Waals surface area (Å²) in [4.78, 5) is 12.1. The van der Waals surface area contributed by atoms with Gasteiger partial charge in [0, 0.05) is 19.2 Å². The minimum Gasteiger partial charge on any atom is -0.486 e. The van der Waals surface area contributed by atoms with Gasteiger partial charge >= 0.3 is 0 Å². The Morgan fingerprint density at radius 2 is 1.92 bits per heavy atom. The molecular formula is C20H23NO4. The first kappa shape index (κ1) is 17.3. The molecule has 25 heavy (non-hydrogen) atoms. The standard InChI is InChI=1S/C20H23NO4/c1-23-14-16-5-2-6-17(12-16)21-20(22)7-3-4-15-8-9-18-19(13-15)25-11-10-24-18/h2,5-6,8-9,12-13H,3-4,7,10-11,14H2,1H3,(H,21,22). The summed E-state index contributed by atoms with van der Waals surface area (Å²) in [5.41, 5.74) is 2.99. The third-order valence-corrected chi connectivity index (χ3v) is 4.00. The number of aryl methyl sites for hydroxylation is 1. The second kappa shape index (κ2) is 8.53. The number of carbonyl (C=O) groups excluding carboxylic acids is 1. The lowest BCUT2D eigenvalue weighted by atomic mass is 10.1. The van der Waals surface area contributed by atoms with Crippen LogP contribution in [0.3, 0.4) is 0 Å². The Kier molecular flexibility index (Phi) is 5.90. The second-order valence-electron chi connectivity index (χ2n) is 6.01. The SMILES string of the molecule is COCc1cccc(NC(=O)CCCc2ccc3c(c2)OCCO3)c1. The predicted molar refractivity (Wildman–Crippen MR) is 96.2 cm³/mol. The molecule has 5 nitrogen and oxygen atoms in total. The molecule has 0 unspecified atom stereocenters. The summed E-state index contributed by atoms with van der Waals surface area (Å²) in [5.74, 6) is 1.61.